The maximum absolute atomic E-state index is 2.25. The molecule has 0 atom stereocenters. The first kappa shape index (κ1) is 14.1. The van der Waals surface area contributed by atoms with Gasteiger partial charge in [-0.25, -0.2) is 0 Å². The summed E-state index contributed by atoms with van der Waals surface area (Å²) in [6.45, 7) is 0. The average molecular weight is 337 g/mol. The van der Waals surface area contributed by atoms with Crippen molar-refractivity contribution in [2.24, 2.45) is 0 Å². The normalized spacial score (nSPS) is 10.7. The fraction of sp³-hybridized carbons (Fsp3) is 0.100. The van der Waals surface area contributed by atoms with Gasteiger partial charge in [-0.2, -0.15) is 0 Å². The van der Waals surface area contributed by atoms with Crippen molar-refractivity contribution in [3.63, 3.8) is 0 Å². The van der Waals surface area contributed by atoms with Crippen LogP contribution < -0.4 is 0 Å². The third-order valence-corrected chi connectivity index (χ3v) is 6.35. The van der Waals surface area contributed by atoms with E-state index in [1.807, 2.05) is 0 Å². The molecular weight excluding hydrogens is 319 g/mol. The number of hydrogen-bond donors (Lipinski definition) is 0. The Morgan fingerprint density at radius 1 is 0.571 bits per heavy atom. The van der Waals surface area contributed by atoms with Gasteiger partial charge in [-0.1, -0.05) is 0 Å². The van der Waals surface area contributed by atoms with Gasteiger partial charge in [0.1, 0.15) is 0 Å². The summed E-state index contributed by atoms with van der Waals surface area (Å²) in [4.78, 5) is 0.528. The van der Waals surface area contributed by atoms with Crippen molar-refractivity contribution in [3.05, 3.63) is 108 Å². The molecule has 0 aliphatic heterocycles. The Labute approximate surface area is 133 Å². The van der Waals surface area contributed by atoms with E-state index in [4.69, 9.17) is 0 Å². The summed E-state index contributed by atoms with van der Waals surface area (Å²) < 4.78 is 0. The molecule has 0 bridgehead atoms. The van der Waals surface area contributed by atoms with Gasteiger partial charge in [0.15, 0.2) is 0 Å². The molecule has 0 radical (unpaired) electrons. The monoisotopic (exact) mass is 338 g/mol. The Balaban J connectivity index is 1.83. The van der Waals surface area contributed by atoms with Gasteiger partial charge in [-0.3, -0.25) is 0 Å². The van der Waals surface area contributed by atoms with Crippen LogP contribution in [0.5, 0.6) is 0 Å². The molecule has 0 fully saturated rings. The third kappa shape index (κ3) is 3.85. The quantitative estimate of drug-likeness (QED) is 0.593. The van der Waals surface area contributed by atoms with Gasteiger partial charge in [0.2, 0.25) is 0 Å². The molecule has 104 valence electrons. The van der Waals surface area contributed by atoms with Crippen molar-refractivity contribution in [2.45, 2.75) is 10.1 Å². The van der Waals surface area contributed by atoms with E-state index in [0.717, 1.165) is 0 Å². The van der Waals surface area contributed by atoms with Crippen molar-refractivity contribution in [1.29, 1.82) is 0 Å². The van der Waals surface area contributed by atoms with Crippen LogP contribution >= 0.6 is 0 Å². The molecule has 0 aliphatic carbocycles. The van der Waals surface area contributed by atoms with Gasteiger partial charge in [-0.05, 0) is 0 Å². The first-order valence-electron chi connectivity index (χ1n) is 7.19. The van der Waals surface area contributed by atoms with Gasteiger partial charge in [-0.15, -0.1) is 0 Å². The summed E-state index contributed by atoms with van der Waals surface area (Å²) in [5, 5.41) is 1.17. The van der Waals surface area contributed by atoms with Crippen LogP contribution in [-0.2, 0) is 5.32 Å². The van der Waals surface area contributed by atoms with Gasteiger partial charge in [0.05, 0.1) is 0 Å². The van der Waals surface area contributed by atoms with Crippen LogP contribution in [0.25, 0.3) is 0 Å². The number of benzene rings is 3. The van der Waals surface area contributed by atoms with Crippen LogP contribution in [0.15, 0.2) is 91.0 Å². The Kier molecular flexibility index (Phi) is 4.89. The van der Waals surface area contributed by atoms with E-state index in [0.29, 0.717) is 19.8 Å². The topological polar surface area (TPSA) is 0 Å². The van der Waals surface area contributed by atoms with E-state index < -0.39 is 0 Å². The molecule has 0 unspecified atom stereocenters. The second-order valence-corrected chi connectivity index (χ2v) is 7.29. The number of rotatable bonds is 5. The molecule has 0 aromatic heterocycles. The maximum atomic E-state index is 2.25. The first-order valence-corrected chi connectivity index (χ1v) is 9.39. The zero-order valence-electron chi connectivity index (χ0n) is 11.9. The zero-order valence-corrected chi connectivity index (χ0v) is 13.6. The van der Waals surface area contributed by atoms with Crippen molar-refractivity contribution in [1.82, 2.24) is 0 Å². The van der Waals surface area contributed by atoms with E-state index >= 15 is 0 Å². The standard InChI is InChI=1S/C20H18Se/c1-4-10-17(11-5-1)16-21-20(18-12-6-2-7-13-18)19-14-8-3-9-15-19/h1-15,20H,16H2. The van der Waals surface area contributed by atoms with Crippen LogP contribution in [0.4, 0.5) is 0 Å². The van der Waals surface area contributed by atoms with Crippen LogP contribution in [0.1, 0.15) is 21.5 Å². The predicted molar refractivity (Wildman–Crippen MR) is 90.6 cm³/mol. The van der Waals surface area contributed by atoms with Crippen LogP contribution in [0.3, 0.4) is 0 Å². The fourth-order valence-electron chi connectivity index (χ4n) is 2.39. The molecule has 3 aromatic rings. The molecular formula is C20H18Se. The van der Waals surface area contributed by atoms with Gasteiger partial charge < -0.3 is 0 Å². The van der Waals surface area contributed by atoms with Gasteiger partial charge in [0, 0.05) is 0 Å². The summed E-state index contributed by atoms with van der Waals surface area (Å²) in [5.74, 6) is 0. The summed E-state index contributed by atoms with van der Waals surface area (Å²) in [7, 11) is 0. The molecule has 0 heterocycles. The summed E-state index contributed by atoms with van der Waals surface area (Å²) >= 11 is 0.504. The third-order valence-electron chi connectivity index (χ3n) is 3.46. The zero-order chi connectivity index (χ0) is 14.3. The Morgan fingerprint density at radius 3 is 1.48 bits per heavy atom. The van der Waals surface area contributed by atoms with Crippen molar-refractivity contribution in [2.75, 3.05) is 0 Å². The molecule has 0 nitrogen and oxygen atoms in total. The Hall–Kier alpha value is -1.82. The molecule has 0 saturated carbocycles. The first-order chi connectivity index (χ1) is 10.4. The molecule has 1 heteroatoms. The van der Waals surface area contributed by atoms with E-state index in [2.05, 4.69) is 91.0 Å². The minimum absolute atomic E-state index is 0.504. The van der Waals surface area contributed by atoms with E-state index in [-0.39, 0.29) is 0 Å². The Morgan fingerprint density at radius 2 is 1.00 bits per heavy atom. The minimum atomic E-state index is 0.504. The van der Waals surface area contributed by atoms with Crippen molar-refractivity contribution < 1.29 is 0 Å². The summed E-state index contributed by atoms with van der Waals surface area (Å²) in [6.07, 6.45) is 0. The van der Waals surface area contributed by atoms with Gasteiger partial charge in [0.25, 0.3) is 0 Å². The molecule has 3 rings (SSSR count). The number of hydrogen-bond acceptors (Lipinski definition) is 0. The molecule has 21 heavy (non-hydrogen) atoms. The average Bonchev–Trinajstić information content (AvgIpc) is 2.58. The van der Waals surface area contributed by atoms with E-state index in [9.17, 15) is 0 Å². The van der Waals surface area contributed by atoms with Crippen LogP contribution in [-0.4, -0.2) is 15.0 Å². The molecule has 0 amide bonds. The predicted octanol–water partition coefficient (Wildman–Crippen LogP) is 4.68. The summed E-state index contributed by atoms with van der Waals surface area (Å²) in [6, 6.07) is 32.6. The summed E-state index contributed by atoms with van der Waals surface area (Å²) in [5.41, 5.74) is 4.30. The molecule has 0 spiro atoms. The second kappa shape index (κ2) is 7.26. The Bertz CT molecular complexity index is 608. The molecule has 0 aliphatic rings. The van der Waals surface area contributed by atoms with Crippen molar-refractivity contribution >= 4 is 15.0 Å². The molecule has 3 aromatic carbocycles. The molecule has 0 saturated heterocycles. The van der Waals surface area contributed by atoms with E-state index in [1.54, 1.807) is 0 Å². The SMILES string of the molecule is c1ccc(C[Se]C(c2ccccc2)c2ccccc2)cc1. The second-order valence-electron chi connectivity index (χ2n) is 5.00. The van der Waals surface area contributed by atoms with E-state index in [1.165, 1.54) is 22.0 Å². The van der Waals surface area contributed by atoms with Crippen LogP contribution in [0.2, 0.25) is 0 Å². The van der Waals surface area contributed by atoms with Crippen LogP contribution in [0, 0.1) is 0 Å². The van der Waals surface area contributed by atoms with Gasteiger partial charge >= 0.3 is 133 Å². The molecule has 0 N–H and O–H groups in total. The fourth-order valence-corrected chi connectivity index (χ4v) is 5.02. The van der Waals surface area contributed by atoms with Crippen molar-refractivity contribution in [3.8, 4) is 0 Å².